The number of hydrogen-bond donors (Lipinski definition) is 0. The maximum Gasteiger partial charge on any atom is 0.243 e. The van der Waals surface area contributed by atoms with Crippen LogP contribution in [0.5, 0.6) is 5.75 Å². The molecule has 10 heteroatoms. The number of sulfonamides is 2. The molecule has 3 aliphatic rings. The average molecular weight is 570 g/mol. The molecule has 2 bridgehead atoms. The molecule has 208 valence electrons. The third-order valence-electron chi connectivity index (χ3n) is 8.50. The number of aromatic nitrogens is 1. The Hall–Kier alpha value is -2.53. The molecule has 3 saturated heterocycles. The second kappa shape index (κ2) is 10.8. The van der Waals surface area contributed by atoms with E-state index in [0.29, 0.717) is 37.1 Å². The molecule has 0 saturated carbocycles. The zero-order valence-corrected chi connectivity index (χ0v) is 23.6. The number of hydrogen-bond acceptors (Lipinski definition) is 6. The minimum absolute atomic E-state index is 0.00247. The smallest absolute Gasteiger partial charge is 0.243 e. The number of piperidine rings is 1. The molecule has 0 radical (unpaired) electrons. The lowest BCUT2D eigenvalue weighted by molar-refractivity contribution is 0.0956. The molecule has 0 N–H and O–H groups in total. The maximum atomic E-state index is 13.7. The lowest BCUT2D eigenvalue weighted by Crippen LogP contribution is -2.50. The summed E-state index contributed by atoms with van der Waals surface area (Å²) in [5.74, 6) is 0.819. The van der Waals surface area contributed by atoms with Crippen LogP contribution in [0.25, 0.3) is 10.8 Å². The van der Waals surface area contributed by atoms with Gasteiger partial charge in [-0.2, -0.15) is 8.61 Å². The normalized spacial score (nSPS) is 26.3. The molecule has 1 aromatic heterocycles. The van der Waals surface area contributed by atoms with Gasteiger partial charge in [-0.05, 0) is 62.1 Å². The van der Waals surface area contributed by atoms with E-state index in [1.165, 1.54) is 0 Å². The molecule has 3 aromatic rings. The molecule has 39 heavy (non-hydrogen) atoms. The molecule has 4 heterocycles. The van der Waals surface area contributed by atoms with E-state index in [1.54, 1.807) is 33.1 Å². The molecular weight excluding hydrogens is 534 g/mol. The highest BCUT2D eigenvalue weighted by Crippen LogP contribution is 2.40. The summed E-state index contributed by atoms with van der Waals surface area (Å²) in [6.45, 7) is 0.470. The molecule has 3 fully saturated rings. The fourth-order valence-corrected chi connectivity index (χ4v) is 10.8. The summed E-state index contributed by atoms with van der Waals surface area (Å²) in [6.07, 6.45) is 9.04. The maximum absolute atomic E-state index is 13.7. The van der Waals surface area contributed by atoms with Crippen LogP contribution >= 0.6 is 0 Å². The van der Waals surface area contributed by atoms with Crippen LogP contribution in [0, 0.1) is 0 Å². The van der Waals surface area contributed by atoms with Crippen molar-refractivity contribution in [3.63, 3.8) is 0 Å². The van der Waals surface area contributed by atoms with E-state index in [0.717, 1.165) is 42.2 Å². The Morgan fingerprint density at radius 3 is 2.36 bits per heavy atom. The van der Waals surface area contributed by atoms with Crippen LogP contribution in [0.2, 0.25) is 0 Å². The van der Waals surface area contributed by atoms with E-state index >= 15 is 0 Å². The molecular formula is C29H35N3O5S2. The monoisotopic (exact) mass is 569 g/mol. The van der Waals surface area contributed by atoms with Gasteiger partial charge in [0, 0.05) is 55.3 Å². The van der Waals surface area contributed by atoms with Gasteiger partial charge in [-0.25, -0.2) is 16.8 Å². The fourth-order valence-electron chi connectivity index (χ4n) is 6.81. The Balaban J connectivity index is 1.09. The van der Waals surface area contributed by atoms with E-state index in [2.05, 4.69) is 4.98 Å². The highest BCUT2D eigenvalue weighted by Gasteiger charge is 2.47. The molecule has 6 rings (SSSR count). The van der Waals surface area contributed by atoms with Crippen LogP contribution in [0.15, 0.2) is 71.9 Å². The van der Waals surface area contributed by atoms with Crippen molar-refractivity contribution >= 4 is 30.8 Å². The van der Waals surface area contributed by atoms with Gasteiger partial charge in [0.1, 0.15) is 11.9 Å². The number of ether oxygens (including phenoxy) is 1. The lowest BCUT2D eigenvalue weighted by Gasteiger charge is -2.38. The number of benzene rings is 2. The summed E-state index contributed by atoms with van der Waals surface area (Å²) in [6, 6.07) is 16.3. The van der Waals surface area contributed by atoms with Gasteiger partial charge in [0.25, 0.3) is 0 Å². The van der Waals surface area contributed by atoms with Crippen molar-refractivity contribution in [2.24, 2.45) is 0 Å². The minimum Gasteiger partial charge on any atom is -0.490 e. The van der Waals surface area contributed by atoms with Gasteiger partial charge in [0.15, 0.2) is 0 Å². The number of pyridine rings is 1. The van der Waals surface area contributed by atoms with E-state index in [1.807, 2.05) is 42.5 Å². The molecule has 0 aliphatic carbocycles. The van der Waals surface area contributed by atoms with Gasteiger partial charge in [-0.1, -0.05) is 36.4 Å². The van der Waals surface area contributed by atoms with Gasteiger partial charge >= 0.3 is 0 Å². The van der Waals surface area contributed by atoms with Crippen molar-refractivity contribution in [1.82, 2.24) is 13.6 Å². The summed E-state index contributed by atoms with van der Waals surface area (Å²) >= 11 is 0. The SMILES string of the molecule is O=S(=O)(CCCC1CCCN1S(=O)(=O)c1cccc2ccccc12)N1[C@@H]2CC[C@H]1CC(Oc1ccncc1)C2. The van der Waals surface area contributed by atoms with Crippen LogP contribution in [0.3, 0.4) is 0 Å². The van der Waals surface area contributed by atoms with Crippen molar-refractivity contribution < 1.29 is 21.6 Å². The van der Waals surface area contributed by atoms with Gasteiger partial charge in [-0.15, -0.1) is 0 Å². The van der Waals surface area contributed by atoms with Gasteiger partial charge in [-0.3, -0.25) is 4.98 Å². The highest BCUT2D eigenvalue weighted by atomic mass is 32.2. The molecule has 3 aliphatic heterocycles. The second-order valence-corrected chi connectivity index (χ2v) is 14.8. The largest absolute Gasteiger partial charge is 0.490 e. The number of fused-ring (bicyclic) bond motifs is 3. The van der Waals surface area contributed by atoms with Crippen LogP contribution in [0.1, 0.15) is 51.4 Å². The standard InChI is InChI=1S/C29H35N3O5S2/c33-38(34,32-24-12-13-25(32)21-27(20-24)37-26-14-16-30-17-15-26)19-5-9-23-8-4-18-31(23)39(35,36)29-11-3-7-22-6-1-2-10-28(22)29/h1-3,6-7,10-11,14-17,23-25,27H,4-5,8-9,12-13,18-21H2/t23?,24-,25+,27?. The van der Waals surface area contributed by atoms with Crippen LogP contribution in [0.4, 0.5) is 0 Å². The predicted octanol–water partition coefficient (Wildman–Crippen LogP) is 4.57. The molecule has 0 amide bonds. The number of nitrogens with zero attached hydrogens (tertiary/aromatic N) is 3. The Kier molecular flexibility index (Phi) is 7.39. The van der Waals surface area contributed by atoms with Gasteiger partial charge in [0.2, 0.25) is 20.0 Å². The van der Waals surface area contributed by atoms with Crippen LogP contribution in [-0.4, -0.2) is 67.0 Å². The zero-order chi connectivity index (χ0) is 27.0. The minimum atomic E-state index is -3.68. The first-order chi connectivity index (χ1) is 18.8. The molecule has 4 atom stereocenters. The number of rotatable bonds is 9. The third kappa shape index (κ3) is 5.31. The molecule has 2 unspecified atom stereocenters. The van der Waals surface area contributed by atoms with E-state index < -0.39 is 20.0 Å². The van der Waals surface area contributed by atoms with Crippen molar-refractivity contribution in [1.29, 1.82) is 0 Å². The third-order valence-corrected chi connectivity index (χ3v) is 12.5. The summed E-state index contributed by atoms with van der Waals surface area (Å²) in [7, 11) is -7.13. The predicted molar refractivity (Wildman–Crippen MR) is 150 cm³/mol. The van der Waals surface area contributed by atoms with E-state index in [9.17, 15) is 16.8 Å². The second-order valence-electron chi connectivity index (χ2n) is 11.0. The van der Waals surface area contributed by atoms with Crippen molar-refractivity contribution in [2.45, 2.75) is 80.5 Å². The first-order valence-electron chi connectivity index (χ1n) is 13.9. The average Bonchev–Trinajstić information content (AvgIpc) is 3.52. The van der Waals surface area contributed by atoms with Crippen LogP contribution in [-0.2, 0) is 20.0 Å². The Morgan fingerprint density at radius 1 is 0.872 bits per heavy atom. The van der Waals surface area contributed by atoms with Crippen LogP contribution < -0.4 is 4.74 Å². The van der Waals surface area contributed by atoms with Crippen molar-refractivity contribution in [2.75, 3.05) is 12.3 Å². The molecule has 8 nitrogen and oxygen atoms in total. The zero-order valence-electron chi connectivity index (χ0n) is 21.9. The summed E-state index contributed by atoms with van der Waals surface area (Å²) in [5.41, 5.74) is 0. The lowest BCUT2D eigenvalue weighted by atomic mass is 10.0. The molecule has 0 spiro atoms. The summed E-state index contributed by atoms with van der Waals surface area (Å²) < 4.78 is 63.8. The van der Waals surface area contributed by atoms with Crippen molar-refractivity contribution in [3.8, 4) is 5.75 Å². The van der Waals surface area contributed by atoms with Crippen molar-refractivity contribution in [3.05, 3.63) is 67.0 Å². The Morgan fingerprint density at radius 2 is 1.59 bits per heavy atom. The highest BCUT2D eigenvalue weighted by molar-refractivity contribution is 7.89. The summed E-state index contributed by atoms with van der Waals surface area (Å²) in [4.78, 5) is 4.35. The first-order valence-corrected chi connectivity index (χ1v) is 17.0. The van der Waals surface area contributed by atoms with E-state index in [-0.39, 0.29) is 30.0 Å². The topological polar surface area (TPSA) is 96.9 Å². The quantitative estimate of drug-likeness (QED) is 0.375. The summed E-state index contributed by atoms with van der Waals surface area (Å²) in [5, 5.41) is 1.62. The fraction of sp³-hybridized carbons (Fsp3) is 0.483. The molecule has 2 aromatic carbocycles. The first kappa shape index (κ1) is 26.7. The van der Waals surface area contributed by atoms with Gasteiger partial charge < -0.3 is 4.74 Å². The van der Waals surface area contributed by atoms with Gasteiger partial charge in [0.05, 0.1) is 10.6 Å². The Bertz CT molecular complexity index is 1510. The Labute approximate surface area is 231 Å². The van der Waals surface area contributed by atoms with E-state index in [4.69, 9.17) is 4.74 Å².